The van der Waals surface area contributed by atoms with Gasteiger partial charge in [-0.1, -0.05) is 71.6 Å². The molecule has 2 unspecified atom stereocenters. The Labute approximate surface area is 115 Å². The van der Waals surface area contributed by atoms with E-state index in [-0.39, 0.29) is 5.41 Å². The molecule has 1 aliphatic carbocycles. The van der Waals surface area contributed by atoms with Gasteiger partial charge in [-0.3, -0.25) is 0 Å². The molecular formula is C18H32. The normalized spacial score (nSPS) is 20.6. The molecule has 0 aromatic rings. The van der Waals surface area contributed by atoms with Crippen molar-refractivity contribution in [3.63, 3.8) is 0 Å². The molecule has 0 radical (unpaired) electrons. The predicted octanol–water partition coefficient (Wildman–Crippen LogP) is 6.00. The Morgan fingerprint density at radius 3 is 2.33 bits per heavy atom. The van der Waals surface area contributed by atoms with Gasteiger partial charge in [0.2, 0.25) is 0 Å². The van der Waals surface area contributed by atoms with Gasteiger partial charge in [-0.25, -0.2) is 0 Å². The van der Waals surface area contributed by atoms with Crippen LogP contribution in [-0.2, 0) is 0 Å². The van der Waals surface area contributed by atoms with Crippen molar-refractivity contribution in [2.75, 3.05) is 0 Å². The Morgan fingerprint density at radius 2 is 1.89 bits per heavy atom. The fraction of sp³-hybridized carbons (Fsp3) is 0.778. The summed E-state index contributed by atoms with van der Waals surface area (Å²) in [6, 6.07) is 0. The molecule has 0 aromatic heterocycles. The molecule has 0 aliphatic heterocycles. The van der Waals surface area contributed by atoms with Crippen molar-refractivity contribution in [3.05, 3.63) is 24.3 Å². The quantitative estimate of drug-likeness (QED) is 0.485. The summed E-state index contributed by atoms with van der Waals surface area (Å²) in [5.41, 5.74) is 1.90. The summed E-state index contributed by atoms with van der Waals surface area (Å²) in [6.45, 7) is 15.7. The lowest BCUT2D eigenvalue weighted by molar-refractivity contribution is 0.331. The van der Waals surface area contributed by atoms with Gasteiger partial charge in [0.1, 0.15) is 0 Å². The van der Waals surface area contributed by atoms with Crippen LogP contribution in [0.2, 0.25) is 0 Å². The molecule has 1 saturated carbocycles. The van der Waals surface area contributed by atoms with Crippen molar-refractivity contribution in [1.82, 2.24) is 0 Å². The highest BCUT2D eigenvalue weighted by molar-refractivity contribution is 5.16. The third-order valence-corrected chi connectivity index (χ3v) is 4.44. The lowest BCUT2D eigenvalue weighted by atomic mass is 9.73. The van der Waals surface area contributed by atoms with E-state index in [0.717, 1.165) is 18.3 Å². The molecular weight excluding hydrogens is 216 g/mol. The van der Waals surface area contributed by atoms with Crippen molar-refractivity contribution in [3.8, 4) is 0 Å². The van der Waals surface area contributed by atoms with Gasteiger partial charge in [0, 0.05) is 0 Å². The maximum Gasteiger partial charge on any atom is -0.0169 e. The van der Waals surface area contributed by atoms with Crippen LogP contribution in [0.25, 0.3) is 0 Å². The first-order valence-corrected chi connectivity index (χ1v) is 7.67. The van der Waals surface area contributed by atoms with Crippen LogP contribution < -0.4 is 0 Å². The smallest absolute Gasteiger partial charge is 0.0169 e. The van der Waals surface area contributed by atoms with Crippen molar-refractivity contribution in [2.45, 2.75) is 66.7 Å². The van der Waals surface area contributed by atoms with Gasteiger partial charge < -0.3 is 0 Å². The summed E-state index contributed by atoms with van der Waals surface area (Å²) < 4.78 is 0. The molecule has 0 heterocycles. The van der Waals surface area contributed by atoms with Crippen LogP contribution in [-0.4, -0.2) is 0 Å². The Balaban J connectivity index is 2.61. The summed E-state index contributed by atoms with van der Waals surface area (Å²) in [6.07, 6.45) is 11.2. The summed E-state index contributed by atoms with van der Waals surface area (Å²) in [5, 5.41) is 0. The van der Waals surface area contributed by atoms with Gasteiger partial charge >= 0.3 is 0 Å². The molecule has 104 valence electrons. The molecule has 0 heteroatoms. The van der Waals surface area contributed by atoms with Gasteiger partial charge in [-0.05, 0) is 36.0 Å². The second-order valence-electron chi connectivity index (χ2n) is 7.22. The SMILES string of the molecule is C=CCC=C(C(C)C(C)CCC1CC1)C(C)(C)C. The van der Waals surface area contributed by atoms with E-state index < -0.39 is 0 Å². The zero-order valence-electron chi connectivity index (χ0n) is 13.1. The van der Waals surface area contributed by atoms with E-state index >= 15 is 0 Å². The third-order valence-electron chi connectivity index (χ3n) is 4.44. The molecule has 0 aromatic carbocycles. The molecule has 0 amide bonds. The maximum absolute atomic E-state index is 3.84. The van der Waals surface area contributed by atoms with Gasteiger partial charge in [-0.15, -0.1) is 6.58 Å². The predicted molar refractivity (Wildman–Crippen MR) is 82.6 cm³/mol. The molecule has 0 N–H and O–H groups in total. The molecule has 2 atom stereocenters. The van der Waals surface area contributed by atoms with Gasteiger partial charge in [-0.2, -0.15) is 0 Å². The molecule has 0 bridgehead atoms. The van der Waals surface area contributed by atoms with E-state index in [1.54, 1.807) is 5.57 Å². The number of rotatable bonds is 7. The Morgan fingerprint density at radius 1 is 1.28 bits per heavy atom. The van der Waals surface area contributed by atoms with Crippen molar-refractivity contribution >= 4 is 0 Å². The van der Waals surface area contributed by atoms with Gasteiger partial charge in [0.15, 0.2) is 0 Å². The highest BCUT2D eigenvalue weighted by Crippen LogP contribution is 2.40. The van der Waals surface area contributed by atoms with Crippen LogP contribution in [0.4, 0.5) is 0 Å². The number of hydrogen-bond donors (Lipinski definition) is 0. The van der Waals surface area contributed by atoms with Crippen LogP contribution in [0.1, 0.15) is 66.7 Å². The Hall–Kier alpha value is -0.520. The van der Waals surface area contributed by atoms with Crippen molar-refractivity contribution in [2.24, 2.45) is 23.2 Å². The van der Waals surface area contributed by atoms with Gasteiger partial charge in [0.25, 0.3) is 0 Å². The highest BCUT2D eigenvalue weighted by Gasteiger charge is 2.27. The monoisotopic (exact) mass is 248 g/mol. The van der Waals surface area contributed by atoms with Crippen LogP contribution in [0, 0.1) is 23.2 Å². The molecule has 0 nitrogen and oxygen atoms in total. The molecule has 1 aliphatic rings. The molecule has 0 spiro atoms. The van der Waals surface area contributed by atoms with E-state index in [1.165, 1.54) is 25.7 Å². The molecule has 0 saturated heterocycles. The standard InChI is InChI=1S/C18H32/c1-7-8-9-17(18(4,5)6)15(3)14(2)10-11-16-12-13-16/h7,9,14-16H,1,8,10-13H2,2-6H3. The number of hydrogen-bond acceptors (Lipinski definition) is 0. The lowest BCUT2D eigenvalue weighted by Crippen LogP contribution is -2.21. The van der Waals surface area contributed by atoms with E-state index in [0.29, 0.717) is 5.92 Å². The van der Waals surface area contributed by atoms with E-state index in [4.69, 9.17) is 0 Å². The van der Waals surface area contributed by atoms with Crippen LogP contribution in [0.5, 0.6) is 0 Å². The average molecular weight is 248 g/mol. The number of allylic oxidation sites excluding steroid dienone is 3. The summed E-state index contributed by atoms with van der Waals surface area (Å²) in [5.74, 6) is 2.57. The largest absolute Gasteiger partial charge is 0.103 e. The maximum atomic E-state index is 3.84. The van der Waals surface area contributed by atoms with E-state index in [1.807, 2.05) is 6.08 Å². The second-order valence-corrected chi connectivity index (χ2v) is 7.22. The van der Waals surface area contributed by atoms with Crippen LogP contribution >= 0.6 is 0 Å². The fourth-order valence-electron chi connectivity index (χ4n) is 2.85. The average Bonchev–Trinajstić information content (AvgIpc) is 3.08. The zero-order chi connectivity index (χ0) is 13.8. The topological polar surface area (TPSA) is 0 Å². The fourth-order valence-corrected chi connectivity index (χ4v) is 2.85. The van der Waals surface area contributed by atoms with Crippen LogP contribution in [0.3, 0.4) is 0 Å². The summed E-state index contributed by atoms with van der Waals surface area (Å²) in [7, 11) is 0. The minimum atomic E-state index is 0.288. The van der Waals surface area contributed by atoms with Gasteiger partial charge in [0.05, 0.1) is 0 Å². The van der Waals surface area contributed by atoms with Crippen LogP contribution in [0.15, 0.2) is 24.3 Å². The van der Waals surface area contributed by atoms with Crippen molar-refractivity contribution in [1.29, 1.82) is 0 Å². The minimum absolute atomic E-state index is 0.288. The molecule has 1 rings (SSSR count). The second kappa shape index (κ2) is 6.59. The first-order chi connectivity index (χ1) is 8.36. The highest BCUT2D eigenvalue weighted by atomic mass is 14.3. The summed E-state index contributed by atoms with van der Waals surface area (Å²) in [4.78, 5) is 0. The van der Waals surface area contributed by atoms with Crippen molar-refractivity contribution < 1.29 is 0 Å². The van der Waals surface area contributed by atoms with E-state index in [2.05, 4.69) is 47.3 Å². The van der Waals surface area contributed by atoms with E-state index in [9.17, 15) is 0 Å². The first kappa shape index (κ1) is 15.5. The molecule has 1 fully saturated rings. The third kappa shape index (κ3) is 5.00. The Kier molecular flexibility index (Phi) is 5.69. The lowest BCUT2D eigenvalue weighted by Gasteiger charge is -2.32. The first-order valence-electron chi connectivity index (χ1n) is 7.67. The molecule has 18 heavy (non-hydrogen) atoms. The minimum Gasteiger partial charge on any atom is -0.103 e. The Bertz CT molecular complexity index is 286. The zero-order valence-corrected chi connectivity index (χ0v) is 13.1. The summed E-state index contributed by atoms with van der Waals surface area (Å²) >= 11 is 0.